The topological polar surface area (TPSA) is 54.9 Å². The number of aliphatic imine (C=N–C) groups is 1. The third-order valence-electron chi connectivity index (χ3n) is 3.57. The molecule has 25 heavy (non-hydrogen) atoms. The molecule has 0 aliphatic heterocycles. The molecule has 0 heterocycles. The average molecular weight is 341 g/mol. The van der Waals surface area contributed by atoms with Crippen molar-refractivity contribution in [3.63, 3.8) is 0 Å². The van der Waals surface area contributed by atoms with Gasteiger partial charge in [0.05, 0.1) is 7.11 Å². The molecule has 2 aromatic rings. The predicted octanol–water partition coefficient (Wildman–Crippen LogP) is 3.35. The van der Waals surface area contributed by atoms with E-state index in [0.29, 0.717) is 19.2 Å². The van der Waals surface area contributed by atoms with Crippen LogP contribution in [-0.2, 0) is 13.2 Å². The Balaban J connectivity index is 1.98. The van der Waals surface area contributed by atoms with Gasteiger partial charge >= 0.3 is 0 Å². The molecule has 0 saturated heterocycles. The molecule has 0 aliphatic rings. The summed E-state index contributed by atoms with van der Waals surface area (Å²) < 4.78 is 11.4. The van der Waals surface area contributed by atoms with Crippen LogP contribution in [-0.4, -0.2) is 26.2 Å². The molecule has 0 bridgehead atoms. The standard InChI is InChI=1S/C20H27N3O2/c1-15(2)23-20(21-3)22-13-17-10-11-18(19(12-17)24-4)25-14-16-8-6-5-7-9-16/h5-12,15H,13-14H2,1-4H3,(H2,21,22,23). The molecule has 0 amide bonds. The van der Waals surface area contributed by atoms with Crippen molar-refractivity contribution in [1.29, 1.82) is 0 Å². The van der Waals surface area contributed by atoms with E-state index in [-0.39, 0.29) is 0 Å². The number of nitrogens with one attached hydrogen (secondary N) is 2. The van der Waals surface area contributed by atoms with Crippen LogP contribution < -0.4 is 20.1 Å². The Bertz CT molecular complexity index is 685. The van der Waals surface area contributed by atoms with Gasteiger partial charge in [0.2, 0.25) is 0 Å². The van der Waals surface area contributed by atoms with Gasteiger partial charge in [-0.25, -0.2) is 0 Å². The summed E-state index contributed by atoms with van der Waals surface area (Å²) in [7, 11) is 3.42. The molecule has 0 radical (unpaired) electrons. The lowest BCUT2D eigenvalue weighted by molar-refractivity contribution is 0.284. The summed E-state index contributed by atoms with van der Waals surface area (Å²) in [5, 5.41) is 6.55. The zero-order valence-corrected chi connectivity index (χ0v) is 15.4. The fourth-order valence-corrected chi connectivity index (χ4v) is 2.33. The van der Waals surface area contributed by atoms with Crippen LogP contribution in [0, 0.1) is 0 Å². The highest BCUT2D eigenvalue weighted by Crippen LogP contribution is 2.28. The van der Waals surface area contributed by atoms with Crippen molar-refractivity contribution in [1.82, 2.24) is 10.6 Å². The maximum atomic E-state index is 5.89. The molecule has 0 unspecified atom stereocenters. The summed E-state index contributed by atoms with van der Waals surface area (Å²) in [5.74, 6) is 2.24. The summed E-state index contributed by atoms with van der Waals surface area (Å²) in [6.07, 6.45) is 0. The number of methoxy groups -OCH3 is 1. The second-order valence-electron chi connectivity index (χ2n) is 5.98. The van der Waals surface area contributed by atoms with Gasteiger partial charge < -0.3 is 20.1 Å². The van der Waals surface area contributed by atoms with Crippen LogP contribution in [0.25, 0.3) is 0 Å². The smallest absolute Gasteiger partial charge is 0.191 e. The molecule has 2 aromatic carbocycles. The molecule has 0 saturated carbocycles. The first kappa shape index (κ1) is 18.6. The number of hydrogen-bond acceptors (Lipinski definition) is 3. The van der Waals surface area contributed by atoms with Crippen LogP contribution in [0.3, 0.4) is 0 Å². The zero-order chi connectivity index (χ0) is 18.1. The van der Waals surface area contributed by atoms with Gasteiger partial charge in [-0.05, 0) is 37.1 Å². The maximum absolute atomic E-state index is 5.89. The van der Waals surface area contributed by atoms with E-state index < -0.39 is 0 Å². The molecule has 5 heteroatoms. The van der Waals surface area contributed by atoms with E-state index in [1.165, 1.54) is 0 Å². The number of benzene rings is 2. The van der Waals surface area contributed by atoms with Crippen LogP contribution in [0.1, 0.15) is 25.0 Å². The van der Waals surface area contributed by atoms with Gasteiger partial charge in [-0.15, -0.1) is 0 Å². The van der Waals surface area contributed by atoms with Gasteiger partial charge in [-0.1, -0.05) is 36.4 Å². The Kier molecular flexibility index (Phi) is 7.14. The summed E-state index contributed by atoms with van der Waals surface area (Å²) in [6, 6.07) is 16.4. The summed E-state index contributed by atoms with van der Waals surface area (Å²) in [5.41, 5.74) is 2.22. The van der Waals surface area contributed by atoms with Gasteiger partial charge in [-0.3, -0.25) is 4.99 Å². The largest absolute Gasteiger partial charge is 0.493 e. The van der Waals surface area contributed by atoms with E-state index in [0.717, 1.165) is 28.6 Å². The van der Waals surface area contributed by atoms with Crippen molar-refractivity contribution in [2.45, 2.75) is 33.0 Å². The van der Waals surface area contributed by atoms with E-state index in [1.807, 2.05) is 48.5 Å². The third kappa shape index (κ3) is 6.03. The maximum Gasteiger partial charge on any atom is 0.191 e. The second-order valence-corrected chi connectivity index (χ2v) is 5.98. The van der Waals surface area contributed by atoms with E-state index in [9.17, 15) is 0 Å². The zero-order valence-electron chi connectivity index (χ0n) is 15.4. The van der Waals surface area contributed by atoms with Gasteiger partial charge in [0, 0.05) is 19.6 Å². The molecule has 2 rings (SSSR count). The fraction of sp³-hybridized carbons (Fsp3) is 0.350. The van der Waals surface area contributed by atoms with Gasteiger partial charge in [0.15, 0.2) is 17.5 Å². The van der Waals surface area contributed by atoms with Crippen molar-refractivity contribution < 1.29 is 9.47 Å². The Morgan fingerprint density at radius 1 is 1.04 bits per heavy atom. The minimum absolute atomic E-state index is 0.328. The molecule has 5 nitrogen and oxygen atoms in total. The van der Waals surface area contributed by atoms with E-state index in [1.54, 1.807) is 14.2 Å². The molecule has 0 fully saturated rings. The normalized spacial score (nSPS) is 11.3. The van der Waals surface area contributed by atoms with Crippen LogP contribution >= 0.6 is 0 Å². The highest BCUT2D eigenvalue weighted by Gasteiger charge is 2.07. The van der Waals surface area contributed by atoms with Crippen molar-refractivity contribution in [3.8, 4) is 11.5 Å². The fourth-order valence-electron chi connectivity index (χ4n) is 2.33. The first-order valence-corrected chi connectivity index (χ1v) is 8.43. The highest BCUT2D eigenvalue weighted by atomic mass is 16.5. The third-order valence-corrected chi connectivity index (χ3v) is 3.57. The molecular formula is C20H27N3O2. The Morgan fingerprint density at radius 2 is 1.80 bits per heavy atom. The monoisotopic (exact) mass is 341 g/mol. The van der Waals surface area contributed by atoms with Crippen molar-refractivity contribution in [2.24, 2.45) is 4.99 Å². The molecule has 134 valence electrons. The first-order valence-electron chi connectivity index (χ1n) is 8.43. The van der Waals surface area contributed by atoms with Crippen LogP contribution in [0.4, 0.5) is 0 Å². The minimum Gasteiger partial charge on any atom is -0.493 e. The molecule has 0 aliphatic carbocycles. The number of guanidine groups is 1. The quantitative estimate of drug-likeness (QED) is 0.599. The Morgan fingerprint density at radius 3 is 2.44 bits per heavy atom. The van der Waals surface area contributed by atoms with E-state index in [2.05, 4.69) is 29.5 Å². The van der Waals surface area contributed by atoms with Crippen molar-refractivity contribution >= 4 is 5.96 Å². The number of nitrogens with zero attached hydrogens (tertiary/aromatic N) is 1. The molecule has 0 spiro atoms. The van der Waals surface area contributed by atoms with Crippen LogP contribution in [0.5, 0.6) is 11.5 Å². The molecule has 2 N–H and O–H groups in total. The second kappa shape index (κ2) is 9.57. The summed E-state index contributed by atoms with van der Waals surface area (Å²) in [6.45, 7) is 5.32. The van der Waals surface area contributed by atoms with Gasteiger partial charge in [0.25, 0.3) is 0 Å². The van der Waals surface area contributed by atoms with E-state index in [4.69, 9.17) is 9.47 Å². The van der Waals surface area contributed by atoms with Gasteiger partial charge in [-0.2, -0.15) is 0 Å². The first-order chi connectivity index (χ1) is 12.1. The number of ether oxygens (including phenoxy) is 2. The lowest BCUT2D eigenvalue weighted by Crippen LogP contribution is -2.40. The SMILES string of the molecule is CN=C(NCc1ccc(OCc2ccccc2)c(OC)c1)NC(C)C. The predicted molar refractivity (Wildman–Crippen MR) is 102 cm³/mol. The number of hydrogen-bond donors (Lipinski definition) is 2. The number of rotatable bonds is 7. The highest BCUT2D eigenvalue weighted by molar-refractivity contribution is 5.79. The molecular weight excluding hydrogens is 314 g/mol. The Hall–Kier alpha value is -2.69. The van der Waals surface area contributed by atoms with Crippen molar-refractivity contribution in [2.75, 3.05) is 14.2 Å². The van der Waals surface area contributed by atoms with Crippen molar-refractivity contribution in [3.05, 3.63) is 59.7 Å². The lowest BCUT2D eigenvalue weighted by Gasteiger charge is -2.16. The van der Waals surface area contributed by atoms with Crippen LogP contribution in [0.15, 0.2) is 53.5 Å². The average Bonchev–Trinajstić information content (AvgIpc) is 2.64. The lowest BCUT2D eigenvalue weighted by atomic mass is 10.2. The molecule has 0 aromatic heterocycles. The minimum atomic E-state index is 0.328. The Labute approximate surface area is 150 Å². The summed E-state index contributed by atoms with van der Waals surface area (Å²) >= 11 is 0. The molecule has 0 atom stereocenters. The van der Waals surface area contributed by atoms with Crippen LogP contribution in [0.2, 0.25) is 0 Å². The summed E-state index contributed by atoms with van der Waals surface area (Å²) in [4.78, 5) is 4.20. The van der Waals surface area contributed by atoms with Gasteiger partial charge in [0.1, 0.15) is 6.61 Å². The van der Waals surface area contributed by atoms with E-state index >= 15 is 0 Å².